The van der Waals surface area contributed by atoms with Gasteiger partial charge in [-0.05, 0) is 23.8 Å². The molecule has 0 amide bonds. The molecule has 0 saturated carbocycles. The molecule has 112 valence electrons. The van der Waals surface area contributed by atoms with Gasteiger partial charge in [0.25, 0.3) is 0 Å². The van der Waals surface area contributed by atoms with Crippen molar-refractivity contribution < 1.29 is 9.47 Å². The fraction of sp³-hybridized carbons (Fsp3) is 0.200. The molecule has 0 aliphatic heterocycles. The van der Waals surface area contributed by atoms with Crippen LogP contribution in [0.25, 0.3) is 0 Å². The third-order valence-corrected chi connectivity index (χ3v) is 3.84. The van der Waals surface area contributed by atoms with Crippen LogP contribution in [0.4, 0.5) is 5.69 Å². The van der Waals surface area contributed by atoms with Crippen LogP contribution in [0.2, 0.25) is 15.1 Å². The fourth-order valence-electron chi connectivity index (χ4n) is 1.85. The molecule has 3 nitrogen and oxygen atoms in total. The van der Waals surface area contributed by atoms with E-state index >= 15 is 0 Å². The second kappa shape index (κ2) is 7.12. The van der Waals surface area contributed by atoms with Crippen LogP contribution < -0.4 is 14.8 Å². The number of hydrogen-bond acceptors (Lipinski definition) is 3. The van der Waals surface area contributed by atoms with Gasteiger partial charge in [0.1, 0.15) is 11.5 Å². The van der Waals surface area contributed by atoms with E-state index in [9.17, 15) is 0 Å². The largest absolute Gasteiger partial charge is 0.495 e. The lowest BCUT2D eigenvalue weighted by Gasteiger charge is -2.14. The third-order valence-electron chi connectivity index (χ3n) is 2.96. The lowest BCUT2D eigenvalue weighted by Crippen LogP contribution is -2.02. The average Bonchev–Trinajstić information content (AvgIpc) is 2.46. The minimum absolute atomic E-state index is 0.503. The molecule has 21 heavy (non-hydrogen) atoms. The van der Waals surface area contributed by atoms with Gasteiger partial charge >= 0.3 is 0 Å². The van der Waals surface area contributed by atoms with Crippen LogP contribution in [0.15, 0.2) is 30.3 Å². The Morgan fingerprint density at radius 3 is 2.24 bits per heavy atom. The Labute approximate surface area is 138 Å². The molecule has 0 radical (unpaired) electrons. The molecular formula is C15H14Cl3NO2. The SMILES string of the molecule is COc1cc(OC)c(NCc2ccc(Cl)cc2Cl)cc1Cl. The molecule has 0 aromatic heterocycles. The summed E-state index contributed by atoms with van der Waals surface area (Å²) in [5, 5.41) is 4.95. The van der Waals surface area contributed by atoms with Gasteiger partial charge in [-0.25, -0.2) is 0 Å². The summed E-state index contributed by atoms with van der Waals surface area (Å²) in [5.74, 6) is 1.20. The van der Waals surface area contributed by atoms with E-state index in [1.807, 2.05) is 6.07 Å². The Balaban J connectivity index is 2.21. The topological polar surface area (TPSA) is 30.5 Å². The fourth-order valence-corrected chi connectivity index (χ4v) is 2.57. The van der Waals surface area contributed by atoms with Gasteiger partial charge in [-0.3, -0.25) is 0 Å². The first-order valence-electron chi connectivity index (χ1n) is 6.14. The number of nitrogens with one attached hydrogen (secondary N) is 1. The molecule has 0 spiro atoms. The normalized spacial score (nSPS) is 10.3. The molecule has 0 saturated heterocycles. The van der Waals surface area contributed by atoms with Crippen molar-refractivity contribution in [2.75, 3.05) is 19.5 Å². The van der Waals surface area contributed by atoms with Crippen LogP contribution in [0, 0.1) is 0 Å². The van der Waals surface area contributed by atoms with E-state index in [4.69, 9.17) is 44.3 Å². The standard InChI is InChI=1S/C15H14Cl3NO2/c1-20-14-7-15(21-2)13(6-12(14)18)19-8-9-3-4-10(16)5-11(9)17/h3-7,19H,8H2,1-2H3. The Bertz CT molecular complexity index is 647. The number of rotatable bonds is 5. The zero-order valence-electron chi connectivity index (χ0n) is 11.5. The maximum atomic E-state index is 6.15. The van der Waals surface area contributed by atoms with Crippen molar-refractivity contribution in [2.24, 2.45) is 0 Å². The molecule has 2 aromatic carbocycles. The first-order chi connectivity index (χ1) is 10.0. The Morgan fingerprint density at radius 1 is 0.905 bits per heavy atom. The predicted molar refractivity (Wildman–Crippen MR) is 88.3 cm³/mol. The van der Waals surface area contributed by atoms with Crippen LogP contribution in [-0.4, -0.2) is 14.2 Å². The molecule has 0 fully saturated rings. The molecule has 2 rings (SSSR count). The van der Waals surface area contributed by atoms with Gasteiger partial charge in [0, 0.05) is 22.7 Å². The maximum Gasteiger partial charge on any atom is 0.145 e. The van der Waals surface area contributed by atoms with E-state index in [1.165, 1.54) is 0 Å². The molecule has 0 unspecified atom stereocenters. The Morgan fingerprint density at radius 2 is 1.62 bits per heavy atom. The molecule has 0 aliphatic rings. The van der Waals surface area contributed by atoms with Crippen molar-refractivity contribution in [3.8, 4) is 11.5 Å². The Kier molecular flexibility index (Phi) is 5.45. The molecule has 0 heterocycles. The van der Waals surface area contributed by atoms with Crippen molar-refractivity contribution in [1.82, 2.24) is 0 Å². The van der Waals surface area contributed by atoms with Crippen LogP contribution in [-0.2, 0) is 6.54 Å². The molecule has 1 N–H and O–H groups in total. The van der Waals surface area contributed by atoms with Crippen molar-refractivity contribution in [1.29, 1.82) is 0 Å². The third kappa shape index (κ3) is 3.88. The highest BCUT2D eigenvalue weighted by atomic mass is 35.5. The van der Waals surface area contributed by atoms with Crippen molar-refractivity contribution in [3.05, 3.63) is 51.0 Å². The van der Waals surface area contributed by atoms with Crippen molar-refractivity contribution in [3.63, 3.8) is 0 Å². The van der Waals surface area contributed by atoms with E-state index in [1.54, 1.807) is 38.5 Å². The summed E-state index contributed by atoms with van der Waals surface area (Å²) in [6, 6.07) is 8.85. The average molecular weight is 347 g/mol. The van der Waals surface area contributed by atoms with Crippen molar-refractivity contribution in [2.45, 2.75) is 6.54 Å². The lowest BCUT2D eigenvalue weighted by atomic mass is 10.2. The first kappa shape index (κ1) is 16.1. The van der Waals surface area contributed by atoms with Crippen molar-refractivity contribution >= 4 is 40.5 Å². The zero-order valence-corrected chi connectivity index (χ0v) is 13.8. The minimum atomic E-state index is 0.503. The summed E-state index contributed by atoms with van der Waals surface area (Å²) in [5.41, 5.74) is 1.68. The number of benzene rings is 2. The van der Waals surface area contributed by atoms with Gasteiger partial charge in [0.2, 0.25) is 0 Å². The number of methoxy groups -OCH3 is 2. The van der Waals surface area contributed by atoms with Gasteiger partial charge in [-0.2, -0.15) is 0 Å². The summed E-state index contributed by atoms with van der Waals surface area (Å²) >= 11 is 18.2. The quantitative estimate of drug-likeness (QED) is 0.799. The van der Waals surface area contributed by atoms with Crippen LogP contribution >= 0.6 is 34.8 Å². The number of ether oxygens (including phenoxy) is 2. The van der Waals surface area contributed by atoms with E-state index in [0.29, 0.717) is 33.1 Å². The van der Waals surface area contributed by atoms with Gasteiger partial charge in [0.15, 0.2) is 0 Å². The molecule has 0 bridgehead atoms. The number of anilines is 1. The highest BCUT2D eigenvalue weighted by molar-refractivity contribution is 6.35. The maximum absolute atomic E-state index is 6.15. The first-order valence-corrected chi connectivity index (χ1v) is 7.28. The molecule has 6 heteroatoms. The molecule has 0 aliphatic carbocycles. The van der Waals surface area contributed by atoms with E-state index in [-0.39, 0.29) is 0 Å². The van der Waals surface area contributed by atoms with Gasteiger partial charge in [-0.15, -0.1) is 0 Å². The smallest absolute Gasteiger partial charge is 0.145 e. The van der Waals surface area contributed by atoms with Crippen LogP contribution in [0.3, 0.4) is 0 Å². The Hall–Kier alpha value is -1.29. The van der Waals surface area contributed by atoms with Gasteiger partial charge in [0.05, 0.1) is 24.9 Å². The van der Waals surface area contributed by atoms with Gasteiger partial charge in [-0.1, -0.05) is 40.9 Å². The van der Waals surface area contributed by atoms with E-state index in [0.717, 1.165) is 11.3 Å². The molecule has 0 atom stereocenters. The summed E-state index contributed by atoms with van der Waals surface area (Å²) in [6.45, 7) is 0.523. The van der Waals surface area contributed by atoms with Crippen LogP contribution in [0.5, 0.6) is 11.5 Å². The molecule has 2 aromatic rings. The van der Waals surface area contributed by atoms with E-state index < -0.39 is 0 Å². The zero-order chi connectivity index (χ0) is 15.4. The monoisotopic (exact) mass is 345 g/mol. The lowest BCUT2D eigenvalue weighted by molar-refractivity contribution is 0.395. The predicted octanol–water partition coefficient (Wildman–Crippen LogP) is 5.28. The highest BCUT2D eigenvalue weighted by Gasteiger charge is 2.10. The summed E-state index contributed by atoms with van der Waals surface area (Å²) < 4.78 is 10.5. The second-order valence-electron chi connectivity index (χ2n) is 4.28. The van der Waals surface area contributed by atoms with E-state index in [2.05, 4.69) is 5.32 Å². The summed E-state index contributed by atoms with van der Waals surface area (Å²) in [4.78, 5) is 0. The number of halogens is 3. The summed E-state index contributed by atoms with van der Waals surface area (Å²) in [6.07, 6.45) is 0. The van der Waals surface area contributed by atoms with Gasteiger partial charge < -0.3 is 14.8 Å². The minimum Gasteiger partial charge on any atom is -0.495 e. The van der Waals surface area contributed by atoms with Crippen LogP contribution in [0.1, 0.15) is 5.56 Å². The highest BCUT2D eigenvalue weighted by Crippen LogP contribution is 2.36. The second-order valence-corrected chi connectivity index (χ2v) is 5.53. The number of hydrogen-bond donors (Lipinski definition) is 1. The molecular weight excluding hydrogens is 333 g/mol. The summed E-state index contributed by atoms with van der Waals surface area (Å²) in [7, 11) is 3.14.